The number of carbonyl (C=O) groups excluding carboxylic acids is 2. The molecule has 3 aromatic carbocycles. The summed E-state index contributed by atoms with van der Waals surface area (Å²) in [4.78, 5) is 36.7. The fourth-order valence-corrected chi connectivity index (χ4v) is 5.07. The molecule has 0 aromatic heterocycles. The van der Waals surface area contributed by atoms with Gasteiger partial charge in [-0.1, -0.05) is 75.8 Å². The Kier molecular flexibility index (Phi) is 14.9. The molecule has 3 rings (SSSR count). The van der Waals surface area contributed by atoms with E-state index in [1.54, 1.807) is 37.3 Å². The normalized spacial score (nSPS) is 12.0. The summed E-state index contributed by atoms with van der Waals surface area (Å²) in [6.45, 7) is 4.41. The lowest BCUT2D eigenvalue weighted by atomic mass is 9.92. The Labute approximate surface area is 274 Å². The first-order chi connectivity index (χ1) is 22.5. The molecule has 0 amide bonds. The largest absolute Gasteiger partial charge is 0.478 e. The number of esters is 2. The highest BCUT2D eigenvalue weighted by Crippen LogP contribution is 2.35. The van der Waals surface area contributed by atoms with Crippen molar-refractivity contribution in [1.29, 1.82) is 0 Å². The molecule has 0 bridgehead atoms. The van der Waals surface area contributed by atoms with Crippen molar-refractivity contribution in [3.8, 4) is 28.0 Å². The average Bonchev–Trinajstić information content (AvgIpc) is 3.05. The van der Waals surface area contributed by atoms with Crippen molar-refractivity contribution in [2.24, 2.45) is 0 Å². The highest BCUT2D eigenvalue weighted by atomic mass is 19.4. The molecule has 0 aliphatic rings. The number of carbonyl (C=O) groups is 3. The van der Waals surface area contributed by atoms with E-state index in [0.717, 1.165) is 19.3 Å². The monoisotopic (exact) mass is 656 g/mol. The number of carboxylic acids is 1. The van der Waals surface area contributed by atoms with Crippen molar-refractivity contribution in [2.75, 3.05) is 13.2 Å². The number of benzene rings is 3. The number of unbranched alkanes of at least 4 members (excludes halogenated alkanes) is 6. The Morgan fingerprint density at radius 3 is 1.96 bits per heavy atom. The van der Waals surface area contributed by atoms with E-state index in [2.05, 4.69) is 6.92 Å². The zero-order valence-electron chi connectivity index (χ0n) is 26.9. The molecule has 1 N–H and O–H groups in total. The SMILES string of the molecule is CCCCCCCCCC(=O)Oc1ccc(-c2ccc(C(=O)O)cc2-c2ccc(C(=O)O[C@H](CCCOCC)C(F)(F)F)cc2)cc1. The number of halogens is 3. The van der Waals surface area contributed by atoms with Gasteiger partial charge in [0.15, 0.2) is 6.10 Å². The van der Waals surface area contributed by atoms with E-state index < -0.39 is 30.6 Å². The van der Waals surface area contributed by atoms with Crippen molar-refractivity contribution in [1.82, 2.24) is 0 Å². The summed E-state index contributed by atoms with van der Waals surface area (Å²) in [5, 5.41) is 9.61. The molecule has 47 heavy (non-hydrogen) atoms. The highest BCUT2D eigenvalue weighted by molar-refractivity contribution is 5.94. The lowest BCUT2D eigenvalue weighted by molar-refractivity contribution is -0.206. The average molecular weight is 657 g/mol. The first kappa shape index (κ1) is 37.3. The number of aromatic carboxylic acids is 1. The quantitative estimate of drug-likeness (QED) is 0.0779. The van der Waals surface area contributed by atoms with Gasteiger partial charge < -0.3 is 19.3 Å². The lowest BCUT2D eigenvalue weighted by Crippen LogP contribution is -2.34. The molecule has 0 radical (unpaired) electrons. The summed E-state index contributed by atoms with van der Waals surface area (Å²) in [6, 6.07) is 17.2. The first-order valence-corrected chi connectivity index (χ1v) is 16.2. The fraction of sp³-hybridized carbons (Fsp3) is 0.432. The molecule has 1 atom stereocenters. The lowest BCUT2D eigenvalue weighted by Gasteiger charge is -2.20. The van der Waals surface area contributed by atoms with Crippen LogP contribution in [0.3, 0.4) is 0 Å². The molecule has 0 saturated carbocycles. The molecule has 0 unspecified atom stereocenters. The van der Waals surface area contributed by atoms with Crippen LogP contribution in [-0.4, -0.2) is 48.5 Å². The van der Waals surface area contributed by atoms with E-state index in [1.165, 1.54) is 62.1 Å². The summed E-state index contributed by atoms with van der Waals surface area (Å²) >= 11 is 0. The fourth-order valence-electron chi connectivity index (χ4n) is 5.07. The molecule has 0 saturated heterocycles. The first-order valence-electron chi connectivity index (χ1n) is 16.2. The molecule has 0 heterocycles. The predicted molar refractivity (Wildman–Crippen MR) is 174 cm³/mol. The summed E-state index contributed by atoms with van der Waals surface area (Å²) in [5.41, 5.74) is 2.39. The van der Waals surface area contributed by atoms with Gasteiger partial charge in [0.1, 0.15) is 5.75 Å². The maximum atomic E-state index is 13.5. The standard InChI is InChI=1S/C37H43F3O7/c1-3-5-6-7-8-9-10-13-34(41)46-30-21-18-26(19-22-30)31-23-20-29(35(42)43)25-32(31)27-14-16-28(17-15-27)36(44)47-33(37(38,39)40)12-11-24-45-4-2/h14-23,25,33H,3-13,24H2,1-2H3,(H,42,43)/t33-/m1/s1. The van der Waals surface area contributed by atoms with Crippen LogP contribution in [0.15, 0.2) is 66.7 Å². The van der Waals surface area contributed by atoms with E-state index in [0.29, 0.717) is 41.0 Å². The third-order valence-corrected chi connectivity index (χ3v) is 7.65. The van der Waals surface area contributed by atoms with Crippen LogP contribution in [0.1, 0.15) is 98.8 Å². The van der Waals surface area contributed by atoms with Crippen LogP contribution in [0.25, 0.3) is 22.3 Å². The molecule has 254 valence electrons. The molecular weight excluding hydrogens is 613 g/mol. The highest BCUT2D eigenvalue weighted by Gasteiger charge is 2.42. The van der Waals surface area contributed by atoms with Crippen LogP contribution in [-0.2, 0) is 14.3 Å². The van der Waals surface area contributed by atoms with Crippen molar-refractivity contribution in [3.63, 3.8) is 0 Å². The number of hydrogen-bond acceptors (Lipinski definition) is 6. The van der Waals surface area contributed by atoms with Gasteiger partial charge in [-0.2, -0.15) is 13.2 Å². The van der Waals surface area contributed by atoms with E-state index in [1.807, 2.05) is 0 Å². The van der Waals surface area contributed by atoms with Crippen LogP contribution >= 0.6 is 0 Å². The van der Waals surface area contributed by atoms with Crippen LogP contribution in [0, 0.1) is 0 Å². The van der Waals surface area contributed by atoms with Crippen LogP contribution in [0.5, 0.6) is 5.75 Å². The molecule has 3 aromatic rings. The second-order valence-electron chi connectivity index (χ2n) is 11.3. The van der Waals surface area contributed by atoms with E-state index in [-0.39, 0.29) is 30.1 Å². The van der Waals surface area contributed by atoms with Crippen molar-refractivity contribution >= 4 is 17.9 Å². The maximum absolute atomic E-state index is 13.5. The van der Waals surface area contributed by atoms with E-state index >= 15 is 0 Å². The van der Waals surface area contributed by atoms with Gasteiger partial charge in [-0.25, -0.2) is 9.59 Å². The predicted octanol–water partition coefficient (Wildman–Crippen LogP) is 9.67. The number of alkyl halides is 3. The Bertz CT molecular complexity index is 1430. The van der Waals surface area contributed by atoms with Crippen molar-refractivity contribution in [2.45, 2.75) is 90.3 Å². The van der Waals surface area contributed by atoms with Gasteiger partial charge in [0.05, 0.1) is 11.1 Å². The number of carboxylic acid groups (broad SMARTS) is 1. The second kappa shape index (κ2) is 18.8. The summed E-state index contributed by atoms with van der Waals surface area (Å²) in [6.07, 6.45) is 0.683. The van der Waals surface area contributed by atoms with E-state index in [9.17, 15) is 32.7 Å². The van der Waals surface area contributed by atoms with Gasteiger partial charge in [-0.15, -0.1) is 0 Å². The van der Waals surface area contributed by atoms with Crippen LogP contribution < -0.4 is 4.74 Å². The Balaban J connectivity index is 1.72. The van der Waals surface area contributed by atoms with Gasteiger partial charge in [-0.05, 0) is 84.8 Å². The summed E-state index contributed by atoms with van der Waals surface area (Å²) in [7, 11) is 0. The van der Waals surface area contributed by atoms with Gasteiger partial charge in [0.2, 0.25) is 0 Å². The van der Waals surface area contributed by atoms with Gasteiger partial charge in [-0.3, -0.25) is 4.79 Å². The molecule has 0 fully saturated rings. The number of ether oxygens (including phenoxy) is 3. The number of hydrogen-bond donors (Lipinski definition) is 1. The maximum Gasteiger partial charge on any atom is 0.425 e. The molecule has 7 nitrogen and oxygen atoms in total. The number of rotatable bonds is 19. The summed E-state index contributed by atoms with van der Waals surface area (Å²) < 4.78 is 55.9. The zero-order chi connectivity index (χ0) is 34.2. The van der Waals surface area contributed by atoms with Gasteiger partial charge >= 0.3 is 24.1 Å². The van der Waals surface area contributed by atoms with Crippen LogP contribution in [0.4, 0.5) is 13.2 Å². The van der Waals surface area contributed by atoms with Crippen molar-refractivity contribution < 1.29 is 46.9 Å². The topological polar surface area (TPSA) is 99.1 Å². The minimum absolute atomic E-state index is 0.0308. The molecule has 0 spiro atoms. The van der Waals surface area contributed by atoms with E-state index in [4.69, 9.17) is 14.2 Å². The summed E-state index contributed by atoms with van der Waals surface area (Å²) in [5.74, 6) is -2.16. The minimum atomic E-state index is -4.73. The molecule has 0 aliphatic carbocycles. The van der Waals surface area contributed by atoms with Crippen molar-refractivity contribution in [3.05, 3.63) is 77.9 Å². The zero-order valence-corrected chi connectivity index (χ0v) is 26.9. The Hall–Kier alpha value is -4.18. The van der Waals surface area contributed by atoms with Gasteiger partial charge in [0, 0.05) is 19.6 Å². The van der Waals surface area contributed by atoms with Gasteiger partial charge in [0.25, 0.3) is 0 Å². The second-order valence-corrected chi connectivity index (χ2v) is 11.3. The third kappa shape index (κ3) is 12.2. The Morgan fingerprint density at radius 2 is 1.34 bits per heavy atom. The third-order valence-electron chi connectivity index (χ3n) is 7.65. The minimum Gasteiger partial charge on any atom is -0.478 e. The van der Waals surface area contributed by atoms with Crippen LogP contribution in [0.2, 0.25) is 0 Å². The molecule has 10 heteroatoms. The smallest absolute Gasteiger partial charge is 0.425 e. The Morgan fingerprint density at radius 1 is 0.745 bits per heavy atom. The molecule has 0 aliphatic heterocycles. The molecular formula is C37H43F3O7.